The van der Waals surface area contributed by atoms with E-state index < -0.39 is 0 Å². The molecule has 286 valence electrons. The minimum absolute atomic E-state index is 0.880. The number of rotatable bonds is 5. The van der Waals surface area contributed by atoms with Crippen LogP contribution in [-0.2, 0) is 0 Å². The molecule has 0 radical (unpaired) electrons. The van der Waals surface area contributed by atoms with Crippen LogP contribution in [0, 0.1) is 0 Å². The van der Waals surface area contributed by atoms with Crippen molar-refractivity contribution >= 4 is 98.1 Å². The number of allylic oxidation sites excluding steroid dienone is 1. The minimum atomic E-state index is 0.880. The molecule has 12 rings (SSSR count). The van der Waals surface area contributed by atoms with E-state index in [0.29, 0.717) is 0 Å². The topological polar surface area (TPSA) is 13.1 Å². The lowest BCUT2D eigenvalue weighted by Crippen LogP contribution is -2.21. The molecule has 2 aromatic heterocycles. The van der Waals surface area contributed by atoms with Gasteiger partial charge in [0.05, 0.1) is 0 Å². The zero-order chi connectivity index (χ0) is 40.6. The van der Waals surface area contributed by atoms with Crippen LogP contribution in [-0.4, -0.2) is 0 Å². The van der Waals surface area contributed by atoms with Crippen molar-refractivity contribution < 1.29 is 4.42 Å². The molecule has 0 saturated carbocycles. The molecule has 0 atom stereocenters. The molecule has 1 nitrogen and oxygen atoms in total. The highest BCUT2D eigenvalue weighted by Crippen LogP contribution is 2.46. The molecule has 0 fully saturated rings. The molecule has 0 N–H and O–H groups in total. The zero-order valence-corrected chi connectivity index (χ0v) is 34.4. The Bertz CT molecular complexity index is 3790. The molecule has 2 heteroatoms. The van der Waals surface area contributed by atoms with E-state index in [0.717, 1.165) is 38.6 Å². The molecule has 0 amide bonds. The maximum absolute atomic E-state index is 6.74. The molecule has 12 aromatic rings. The second kappa shape index (κ2) is 14.1. The molecular formula is C59H38OS. The van der Waals surface area contributed by atoms with Crippen molar-refractivity contribution in [3.63, 3.8) is 0 Å². The molecule has 10 aromatic carbocycles. The van der Waals surface area contributed by atoms with Gasteiger partial charge < -0.3 is 4.42 Å². The first-order valence-electron chi connectivity index (χ1n) is 20.9. The maximum atomic E-state index is 6.74. The van der Waals surface area contributed by atoms with Gasteiger partial charge in [-0.2, -0.15) is 0 Å². The molecule has 0 spiro atoms. The van der Waals surface area contributed by atoms with Crippen molar-refractivity contribution in [2.75, 3.05) is 0 Å². The number of fused-ring (bicyclic) bond motifs is 8. The van der Waals surface area contributed by atoms with Gasteiger partial charge in [0.25, 0.3) is 0 Å². The van der Waals surface area contributed by atoms with Crippen LogP contribution in [0.4, 0.5) is 0 Å². The van der Waals surface area contributed by atoms with Gasteiger partial charge in [0.1, 0.15) is 11.2 Å². The third-order valence-electron chi connectivity index (χ3n) is 12.6. The Morgan fingerprint density at radius 2 is 0.902 bits per heavy atom. The first-order valence-corrected chi connectivity index (χ1v) is 21.7. The van der Waals surface area contributed by atoms with Crippen LogP contribution >= 0.6 is 11.3 Å². The summed E-state index contributed by atoms with van der Waals surface area (Å²) in [4.78, 5) is 0. The zero-order valence-electron chi connectivity index (χ0n) is 33.6. The second-order valence-electron chi connectivity index (χ2n) is 15.8. The lowest BCUT2D eigenvalue weighted by molar-refractivity contribution is 0.669. The predicted molar refractivity (Wildman–Crippen MR) is 264 cm³/mol. The van der Waals surface area contributed by atoms with Crippen LogP contribution in [0.5, 0.6) is 0 Å². The van der Waals surface area contributed by atoms with Gasteiger partial charge in [-0.15, -0.1) is 11.3 Å². The van der Waals surface area contributed by atoms with E-state index in [1.54, 1.807) is 0 Å². The molecule has 0 aliphatic rings. The molecule has 0 saturated heterocycles. The van der Waals surface area contributed by atoms with E-state index in [9.17, 15) is 0 Å². The lowest BCUT2D eigenvalue weighted by atomic mass is 9.85. The molecule has 0 aliphatic heterocycles. The summed E-state index contributed by atoms with van der Waals surface area (Å²) in [5, 5.41) is 14.6. The second-order valence-corrected chi connectivity index (χ2v) is 16.9. The Hall–Kier alpha value is -7.52. The maximum Gasteiger partial charge on any atom is 0.136 e. The summed E-state index contributed by atoms with van der Waals surface area (Å²) in [6.45, 7) is 6.57. The SMILES string of the molecule is C=C/C(c1c2ccccc2c(-c2ccc3oc4cc(-c5c6ccccc6c(-c6ccccc6)c6ccccc56)ccc4c3c2)c2ccccc12)=c1/sc2ccccc2/c1=C/C. The van der Waals surface area contributed by atoms with Gasteiger partial charge in [-0.25, -0.2) is 0 Å². The van der Waals surface area contributed by atoms with E-state index in [4.69, 9.17) is 4.42 Å². The summed E-state index contributed by atoms with van der Waals surface area (Å²) in [5.74, 6) is 0. The lowest BCUT2D eigenvalue weighted by Gasteiger charge is -2.18. The highest BCUT2D eigenvalue weighted by atomic mass is 32.1. The van der Waals surface area contributed by atoms with Gasteiger partial charge in [0.15, 0.2) is 0 Å². The number of hydrogen-bond acceptors (Lipinski definition) is 2. The highest BCUT2D eigenvalue weighted by Gasteiger charge is 2.21. The summed E-state index contributed by atoms with van der Waals surface area (Å²) in [6, 6.07) is 68.4. The Balaban J connectivity index is 1.07. The van der Waals surface area contributed by atoms with Gasteiger partial charge in [0.2, 0.25) is 0 Å². The van der Waals surface area contributed by atoms with Gasteiger partial charge >= 0.3 is 0 Å². The largest absolute Gasteiger partial charge is 0.456 e. The smallest absolute Gasteiger partial charge is 0.136 e. The number of thiophene rings is 1. The summed E-state index contributed by atoms with van der Waals surface area (Å²) < 4.78 is 9.28. The summed E-state index contributed by atoms with van der Waals surface area (Å²) >= 11 is 1.85. The minimum Gasteiger partial charge on any atom is -0.456 e. The molecule has 2 heterocycles. The molecular weight excluding hydrogens is 757 g/mol. The van der Waals surface area contributed by atoms with E-state index in [-0.39, 0.29) is 0 Å². The average Bonchev–Trinajstić information content (AvgIpc) is 3.88. The van der Waals surface area contributed by atoms with Crippen LogP contribution in [0.2, 0.25) is 0 Å². The molecule has 0 bridgehead atoms. The third kappa shape index (κ3) is 5.39. The van der Waals surface area contributed by atoms with Crippen LogP contribution in [0.15, 0.2) is 205 Å². The number of hydrogen-bond donors (Lipinski definition) is 0. The van der Waals surface area contributed by atoms with Crippen LogP contribution in [0.3, 0.4) is 0 Å². The molecule has 61 heavy (non-hydrogen) atoms. The fourth-order valence-electron chi connectivity index (χ4n) is 10.0. The van der Waals surface area contributed by atoms with Crippen LogP contribution in [0.1, 0.15) is 12.5 Å². The van der Waals surface area contributed by atoms with Gasteiger partial charge in [-0.1, -0.05) is 176 Å². The van der Waals surface area contributed by atoms with E-state index in [2.05, 4.69) is 214 Å². The molecule has 0 unspecified atom stereocenters. The van der Waals surface area contributed by atoms with E-state index in [1.807, 2.05) is 11.3 Å². The number of benzene rings is 10. The van der Waals surface area contributed by atoms with Crippen LogP contribution < -0.4 is 9.75 Å². The van der Waals surface area contributed by atoms with E-state index in [1.165, 1.54) is 90.7 Å². The Morgan fingerprint density at radius 1 is 0.426 bits per heavy atom. The first kappa shape index (κ1) is 35.4. The average molecular weight is 795 g/mol. The number of furan rings is 1. The Labute approximate surface area is 357 Å². The quantitative estimate of drug-likeness (QED) is 0.158. The van der Waals surface area contributed by atoms with Crippen LogP contribution in [0.25, 0.3) is 120 Å². The Kier molecular flexibility index (Phi) is 8.16. The summed E-state index contributed by atoms with van der Waals surface area (Å²) in [5.41, 5.74) is 11.4. The van der Waals surface area contributed by atoms with Crippen molar-refractivity contribution in [1.29, 1.82) is 0 Å². The fourth-order valence-corrected chi connectivity index (χ4v) is 11.3. The van der Waals surface area contributed by atoms with Gasteiger partial charge in [0, 0.05) is 25.6 Å². The van der Waals surface area contributed by atoms with Crippen molar-refractivity contribution in [1.82, 2.24) is 0 Å². The summed E-state index contributed by atoms with van der Waals surface area (Å²) in [7, 11) is 0. The van der Waals surface area contributed by atoms with Crippen molar-refractivity contribution in [2.45, 2.75) is 6.92 Å². The van der Waals surface area contributed by atoms with Crippen molar-refractivity contribution in [2.24, 2.45) is 0 Å². The van der Waals surface area contributed by atoms with Gasteiger partial charge in [-0.3, -0.25) is 0 Å². The molecule has 0 aliphatic carbocycles. The summed E-state index contributed by atoms with van der Waals surface area (Å²) in [6.07, 6.45) is 4.31. The van der Waals surface area contributed by atoms with Crippen molar-refractivity contribution in [3.05, 3.63) is 216 Å². The Morgan fingerprint density at radius 3 is 1.48 bits per heavy atom. The monoisotopic (exact) mass is 794 g/mol. The van der Waals surface area contributed by atoms with Gasteiger partial charge in [-0.05, 0) is 130 Å². The van der Waals surface area contributed by atoms with E-state index >= 15 is 0 Å². The predicted octanol–water partition coefficient (Wildman–Crippen LogP) is 15.6. The first-order chi connectivity index (χ1) is 30.2. The highest BCUT2D eigenvalue weighted by molar-refractivity contribution is 7.17. The third-order valence-corrected chi connectivity index (χ3v) is 13.8. The normalized spacial score (nSPS) is 12.8. The fraction of sp³-hybridized carbons (Fsp3) is 0.0169. The standard InChI is InChI=1S/C59H38OS/c1-3-39-42-20-16-17-29-54(42)61-59(39)40(4-2)58-49-27-14-12-25-47(49)56(48-26-13-15-28-50(48)58)37-31-33-52-51(34-37)41-32-30-38(35-53(41)60-52)57-45-23-10-8-21-43(45)55(36-18-6-5-7-19-36)44-22-9-11-24-46(44)57/h3-35H,2H2,1H3/b39-3-,59-40-. The van der Waals surface area contributed by atoms with Crippen molar-refractivity contribution in [3.8, 4) is 33.4 Å².